The van der Waals surface area contributed by atoms with Gasteiger partial charge in [0.25, 0.3) is 0 Å². The van der Waals surface area contributed by atoms with Gasteiger partial charge in [-0.05, 0) is 46.5 Å². The van der Waals surface area contributed by atoms with Crippen LogP contribution in [0.3, 0.4) is 0 Å². The smallest absolute Gasteiger partial charge is 0.0175 e. The summed E-state index contributed by atoms with van der Waals surface area (Å²) in [5, 5.41) is 0. The van der Waals surface area contributed by atoms with Crippen molar-refractivity contribution >= 4 is 56.2 Å². The van der Waals surface area contributed by atoms with Crippen LogP contribution in [0.4, 0.5) is 0 Å². The van der Waals surface area contributed by atoms with Gasteiger partial charge in [0.2, 0.25) is 0 Å². The second-order valence-electron chi connectivity index (χ2n) is 5.44. The highest BCUT2D eigenvalue weighted by Gasteiger charge is 1.92. The zero-order valence-corrected chi connectivity index (χ0v) is 16.2. The maximum atomic E-state index is 3.45. The fraction of sp³-hybridized carbons (Fsp3) is 0. The molecule has 0 bridgehead atoms. The summed E-state index contributed by atoms with van der Waals surface area (Å²) in [6.07, 6.45) is 8.51. The van der Waals surface area contributed by atoms with Gasteiger partial charge >= 0.3 is 0 Å². The van der Waals surface area contributed by atoms with Gasteiger partial charge in [0.15, 0.2) is 0 Å². The minimum absolute atomic E-state index is 1.10. The van der Waals surface area contributed by atoms with Crippen molar-refractivity contribution in [1.82, 2.24) is 0 Å². The monoisotopic (exact) mass is 438 g/mol. The van der Waals surface area contributed by atoms with Crippen molar-refractivity contribution in [2.24, 2.45) is 0 Å². The van der Waals surface area contributed by atoms with E-state index >= 15 is 0 Å². The Balaban J connectivity index is 1.66. The van der Waals surface area contributed by atoms with Gasteiger partial charge in [0.05, 0.1) is 0 Å². The first-order valence-electron chi connectivity index (χ1n) is 7.66. The number of hydrogen-bond acceptors (Lipinski definition) is 0. The van der Waals surface area contributed by atoms with Crippen LogP contribution in [0.25, 0.3) is 24.3 Å². The maximum absolute atomic E-state index is 3.45. The van der Waals surface area contributed by atoms with Crippen molar-refractivity contribution in [1.29, 1.82) is 0 Å². The first kappa shape index (κ1) is 16.9. The Hall–Kier alpha value is -1.90. The summed E-state index contributed by atoms with van der Waals surface area (Å²) in [5.41, 5.74) is 4.77. The Kier molecular flexibility index (Phi) is 5.84. The molecule has 0 spiro atoms. The fourth-order valence-electron chi connectivity index (χ4n) is 2.25. The first-order valence-corrected chi connectivity index (χ1v) is 9.25. The lowest BCUT2D eigenvalue weighted by atomic mass is 10.1. The standard InChI is InChI=1S/C22H16Br2/c23-21-13-9-19(10-14-21)7-5-17-1-2-18(4-3-17)6-8-20-11-15-22(24)16-12-20/h1-16H/b7-5+,8-6+. The average molecular weight is 440 g/mol. The molecule has 0 aliphatic rings. The van der Waals surface area contributed by atoms with E-state index in [4.69, 9.17) is 0 Å². The molecule has 3 rings (SSSR count). The highest BCUT2D eigenvalue weighted by atomic mass is 79.9. The molecule has 0 aliphatic heterocycles. The van der Waals surface area contributed by atoms with Crippen LogP contribution in [-0.2, 0) is 0 Å². The second kappa shape index (κ2) is 8.27. The molecule has 0 nitrogen and oxygen atoms in total. The molecule has 0 heterocycles. The van der Waals surface area contributed by atoms with E-state index in [0.717, 1.165) is 8.95 Å². The molecular formula is C22H16Br2. The second-order valence-corrected chi connectivity index (χ2v) is 7.27. The van der Waals surface area contributed by atoms with Crippen molar-refractivity contribution in [3.05, 3.63) is 104 Å². The zero-order chi connectivity index (χ0) is 16.8. The third kappa shape index (κ3) is 5.05. The number of benzene rings is 3. The molecule has 24 heavy (non-hydrogen) atoms. The van der Waals surface area contributed by atoms with Gasteiger partial charge in [-0.1, -0.05) is 105 Å². The van der Waals surface area contributed by atoms with E-state index in [9.17, 15) is 0 Å². The highest BCUT2D eigenvalue weighted by molar-refractivity contribution is 9.10. The van der Waals surface area contributed by atoms with Crippen LogP contribution >= 0.6 is 31.9 Å². The molecule has 0 N–H and O–H groups in total. The van der Waals surface area contributed by atoms with Gasteiger partial charge in [0.1, 0.15) is 0 Å². The average Bonchev–Trinajstić information content (AvgIpc) is 2.62. The molecule has 0 aromatic heterocycles. The molecule has 3 aromatic carbocycles. The molecule has 3 aromatic rings. The quantitative estimate of drug-likeness (QED) is 0.368. The molecule has 0 atom stereocenters. The van der Waals surface area contributed by atoms with Gasteiger partial charge < -0.3 is 0 Å². The molecule has 0 saturated heterocycles. The fourth-order valence-corrected chi connectivity index (χ4v) is 2.78. The normalized spacial score (nSPS) is 11.4. The van der Waals surface area contributed by atoms with E-state index in [1.165, 1.54) is 22.3 Å². The van der Waals surface area contributed by atoms with E-state index in [2.05, 4.69) is 129 Å². The topological polar surface area (TPSA) is 0 Å². The minimum Gasteiger partial charge on any atom is -0.0544 e. The largest absolute Gasteiger partial charge is 0.0544 e. The van der Waals surface area contributed by atoms with Crippen molar-refractivity contribution in [2.45, 2.75) is 0 Å². The maximum Gasteiger partial charge on any atom is 0.0175 e. The van der Waals surface area contributed by atoms with Gasteiger partial charge in [-0.25, -0.2) is 0 Å². The van der Waals surface area contributed by atoms with Crippen LogP contribution in [0.5, 0.6) is 0 Å². The van der Waals surface area contributed by atoms with Gasteiger partial charge in [-0.15, -0.1) is 0 Å². The van der Waals surface area contributed by atoms with E-state index in [0.29, 0.717) is 0 Å². The predicted octanol–water partition coefficient (Wildman–Crippen LogP) is 7.55. The van der Waals surface area contributed by atoms with E-state index in [-0.39, 0.29) is 0 Å². The van der Waals surface area contributed by atoms with E-state index in [1.807, 2.05) is 0 Å². The molecule has 2 heteroatoms. The molecule has 0 unspecified atom stereocenters. The van der Waals surface area contributed by atoms with Crippen molar-refractivity contribution < 1.29 is 0 Å². The number of halogens is 2. The van der Waals surface area contributed by atoms with Gasteiger partial charge in [0, 0.05) is 8.95 Å². The molecule has 0 amide bonds. The van der Waals surface area contributed by atoms with E-state index in [1.54, 1.807) is 0 Å². The predicted molar refractivity (Wildman–Crippen MR) is 113 cm³/mol. The van der Waals surface area contributed by atoms with Crippen LogP contribution < -0.4 is 0 Å². The summed E-state index contributed by atoms with van der Waals surface area (Å²) in [7, 11) is 0. The summed E-state index contributed by atoms with van der Waals surface area (Å²) in [5.74, 6) is 0. The van der Waals surface area contributed by atoms with Crippen molar-refractivity contribution in [3.63, 3.8) is 0 Å². The van der Waals surface area contributed by atoms with Crippen LogP contribution in [0, 0.1) is 0 Å². The Bertz CT molecular complexity index is 765. The molecule has 0 aliphatic carbocycles. The SMILES string of the molecule is Brc1ccc(/C=C/c2ccc(/C=C/c3ccc(Br)cc3)cc2)cc1. The lowest BCUT2D eigenvalue weighted by Gasteiger charge is -1.98. The Morgan fingerprint density at radius 3 is 0.833 bits per heavy atom. The van der Waals surface area contributed by atoms with Crippen LogP contribution in [-0.4, -0.2) is 0 Å². The summed E-state index contributed by atoms with van der Waals surface area (Å²) >= 11 is 6.90. The Labute approximate surface area is 159 Å². The van der Waals surface area contributed by atoms with Gasteiger partial charge in [-0.2, -0.15) is 0 Å². The molecule has 0 radical (unpaired) electrons. The summed E-state index contributed by atoms with van der Waals surface area (Å²) < 4.78 is 2.20. The summed E-state index contributed by atoms with van der Waals surface area (Å²) in [4.78, 5) is 0. The number of hydrogen-bond donors (Lipinski definition) is 0. The zero-order valence-electron chi connectivity index (χ0n) is 13.0. The molecular weight excluding hydrogens is 424 g/mol. The Morgan fingerprint density at radius 2 is 0.583 bits per heavy atom. The van der Waals surface area contributed by atoms with Crippen molar-refractivity contribution in [3.8, 4) is 0 Å². The highest BCUT2D eigenvalue weighted by Crippen LogP contribution is 2.16. The molecule has 0 saturated carbocycles. The molecule has 118 valence electrons. The van der Waals surface area contributed by atoms with Gasteiger partial charge in [-0.3, -0.25) is 0 Å². The first-order chi connectivity index (χ1) is 11.7. The summed E-state index contributed by atoms with van der Waals surface area (Å²) in [6.45, 7) is 0. The minimum atomic E-state index is 1.10. The Morgan fingerprint density at radius 1 is 0.375 bits per heavy atom. The molecule has 0 fully saturated rings. The lowest BCUT2D eigenvalue weighted by molar-refractivity contribution is 1.60. The summed E-state index contributed by atoms with van der Waals surface area (Å²) in [6, 6.07) is 25.1. The lowest BCUT2D eigenvalue weighted by Crippen LogP contribution is -1.76. The number of rotatable bonds is 4. The van der Waals surface area contributed by atoms with Crippen LogP contribution in [0.2, 0.25) is 0 Å². The van der Waals surface area contributed by atoms with Crippen molar-refractivity contribution in [2.75, 3.05) is 0 Å². The van der Waals surface area contributed by atoms with E-state index < -0.39 is 0 Å². The van der Waals surface area contributed by atoms with Crippen LogP contribution in [0.15, 0.2) is 81.7 Å². The van der Waals surface area contributed by atoms with Crippen LogP contribution in [0.1, 0.15) is 22.3 Å². The third-order valence-corrected chi connectivity index (χ3v) is 4.67. The third-order valence-electron chi connectivity index (χ3n) is 3.61.